The van der Waals surface area contributed by atoms with Gasteiger partial charge in [-0.15, -0.1) is 11.8 Å². The quantitative estimate of drug-likeness (QED) is 0.551. The lowest BCUT2D eigenvalue weighted by Crippen LogP contribution is -2.14. The van der Waals surface area contributed by atoms with E-state index in [1.54, 1.807) is 30.3 Å². The van der Waals surface area contributed by atoms with Crippen LogP contribution in [0.15, 0.2) is 45.8 Å². The van der Waals surface area contributed by atoms with E-state index in [4.69, 9.17) is 28.9 Å². The molecule has 0 atom stereocenters. The van der Waals surface area contributed by atoms with Crippen molar-refractivity contribution >= 4 is 68.2 Å². The summed E-state index contributed by atoms with van der Waals surface area (Å²) in [5, 5.41) is 3.81. The average molecular weight is 406 g/mol. The molecule has 0 unspecified atom stereocenters. The third-order valence-electron chi connectivity index (χ3n) is 2.54. The molecule has 1 amide bonds. The number of amides is 1. The van der Waals surface area contributed by atoms with Crippen LogP contribution in [0.2, 0.25) is 10.0 Å². The lowest BCUT2D eigenvalue weighted by Gasteiger charge is -2.08. The number of nitrogen functional groups attached to an aromatic ring is 1. The van der Waals surface area contributed by atoms with E-state index in [2.05, 4.69) is 21.2 Å². The van der Waals surface area contributed by atoms with Crippen molar-refractivity contribution in [1.29, 1.82) is 0 Å². The molecule has 0 saturated heterocycles. The molecule has 0 fully saturated rings. The van der Waals surface area contributed by atoms with Crippen LogP contribution >= 0.6 is 50.9 Å². The maximum Gasteiger partial charge on any atom is 0.234 e. The van der Waals surface area contributed by atoms with Crippen LogP contribution in [-0.2, 0) is 4.79 Å². The molecule has 0 aliphatic heterocycles. The van der Waals surface area contributed by atoms with E-state index in [0.29, 0.717) is 21.4 Å². The van der Waals surface area contributed by atoms with E-state index in [9.17, 15) is 4.79 Å². The summed E-state index contributed by atoms with van der Waals surface area (Å²) in [5.74, 6) is 0.0803. The van der Waals surface area contributed by atoms with Crippen LogP contribution in [0.1, 0.15) is 0 Å². The highest BCUT2D eigenvalue weighted by atomic mass is 79.9. The molecule has 0 aliphatic carbocycles. The summed E-state index contributed by atoms with van der Waals surface area (Å²) in [6.45, 7) is 0. The summed E-state index contributed by atoms with van der Waals surface area (Å²) in [6, 6.07) is 10.5. The first-order valence-electron chi connectivity index (χ1n) is 5.88. The molecule has 0 radical (unpaired) electrons. The second-order valence-electron chi connectivity index (χ2n) is 4.14. The first-order chi connectivity index (χ1) is 9.95. The van der Waals surface area contributed by atoms with Gasteiger partial charge in [0.1, 0.15) is 0 Å². The van der Waals surface area contributed by atoms with Gasteiger partial charge >= 0.3 is 0 Å². The van der Waals surface area contributed by atoms with Crippen molar-refractivity contribution in [3.63, 3.8) is 0 Å². The van der Waals surface area contributed by atoms with E-state index in [0.717, 1.165) is 9.37 Å². The van der Waals surface area contributed by atoms with Gasteiger partial charge in [0.15, 0.2) is 0 Å². The topological polar surface area (TPSA) is 55.1 Å². The molecule has 2 rings (SSSR count). The van der Waals surface area contributed by atoms with Gasteiger partial charge in [-0.1, -0.05) is 39.1 Å². The summed E-state index contributed by atoms with van der Waals surface area (Å²) in [4.78, 5) is 12.7. The van der Waals surface area contributed by atoms with Crippen LogP contribution < -0.4 is 11.1 Å². The zero-order valence-electron chi connectivity index (χ0n) is 10.7. The lowest BCUT2D eigenvalue weighted by atomic mass is 10.3. The predicted molar refractivity (Wildman–Crippen MR) is 94.4 cm³/mol. The van der Waals surface area contributed by atoms with Crippen molar-refractivity contribution in [3.8, 4) is 0 Å². The summed E-state index contributed by atoms with van der Waals surface area (Å²) >= 11 is 16.5. The summed E-state index contributed by atoms with van der Waals surface area (Å²) in [5.41, 5.74) is 6.97. The summed E-state index contributed by atoms with van der Waals surface area (Å²) in [7, 11) is 0. The third kappa shape index (κ3) is 4.81. The second-order valence-corrected chi connectivity index (χ2v) is 6.92. The second kappa shape index (κ2) is 7.40. The number of carbonyl (C=O) groups excluding carboxylic acids is 1. The molecule has 0 aliphatic rings. The van der Waals surface area contributed by atoms with Crippen LogP contribution in [0.25, 0.3) is 0 Å². The number of rotatable bonds is 4. The number of halogens is 3. The van der Waals surface area contributed by atoms with Gasteiger partial charge in [-0.05, 0) is 36.4 Å². The maximum atomic E-state index is 11.9. The Kier molecular flexibility index (Phi) is 5.81. The molecule has 0 saturated carbocycles. The van der Waals surface area contributed by atoms with Crippen molar-refractivity contribution in [2.45, 2.75) is 4.90 Å². The smallest absolute Gasteiger partial charge is 0.234 e. The molecule has 0 heterocycles. The highest BCUT2D eigenvalue weighted by Gasteiger charge is 2.08. The van der Waals surface area contributed by atoms with Gasteiger partial charge in [-0.25, -0.2) is 0 Å². The number of thioether (sulfide) groups is 1. The molecule has 21 heavy (non-hydrogen) atoms. The van der Waals surface area contributed by atoms with Crippen LogP contribution in [0.3, 0.4) is 0 Å². The number of nitrogens with one attached hydrogen (secondary N) is 1. The predicted octanol–water partition coefficient (Wildman–Crippen LogP) is 5.07. The zero-order chi connectivity index (χ0) is 15.4. The molecule has 7 heteroatoms. The molecular weight excluding hydrogens is 395 g/mol. The molecule has 0 bridgehead atoms. The number of hydrogen-bond donors (Lipinski definition) is 2. The zero-order valence-corrected chi connectivity index (χ0v) is 14.6. The Morgan fingerprint density at radius 2 is 2.00 bits per heavy atom. The van der Waals surface area contributed by atoms with Crippen molar-refractivity contribution in [2.75, 3.05) is 16.8 Å². The van der Waals surface area contributed by atoms with Gasteiger partial charge in [-0.3, -0.25) is 4.79 Å². The lowest BCUT2D eigenvalue weighted by molar-refractivity contribution is -0.113. The number of carbonyl (C=O) groups is 1. The van der Waals surface area contributed by atoms with Gasteiger partial charge in [-0.2, -0.15) is 0 Å². The largest absolute Gasteiger partial charge is 0.398 e. The van der Waals surface area contributed by atoms with Gasteiger partial charge < -0.3 is 11.1 Å². The fraction of sp³-hybridized carbons (Fsp3) is 0.0714. The van der Waals surface area contributed by atoms with Gasteiger partial charge in [0.2, 0.25) is 5.91 Å². The summed E-state index contributed by atoms with van der Waals surface area (Å²) < 4.78 is 0.855. The fourth-order valence-corrected chi connectivity index (χ4v) is 3.22. The Hall–Kier alpha value is -0.880. The third-order valence-corrected chi connectivity index (χ3v) is 4.67. The molecule has 0 aromatic heterocycles. The summed E-state index contributed by atoms with van der Waals surface area (Å²) in [6.07, 6.45) is 0. The van der Waals surface area contributed by atoms with Gasteiger partial charge in [0.25, 0.3) is 0 Å². The fourth-order valence-electron chi connectivity index (χ4n) is 1.57. The number of nitrogens with two attached hydrogens (primary N) is 1. The minimum absolute atomic E-state index is 0.154. The van der Waals surface area contributed by atoms with E-state index in [-0.39, 0.29) is 11.7 Å². The van der Waals surface area contributed by atoms with E-state index in [1.807, 2.05) is 6.07 Å². The van der Waals surface area contributed by atoms with Crippen LogP contribution in [0.5, 0.6) is 0 Å². The Labute approximate surface area is 145 Å². The SMILES string of the molecule is Nc1cc(Cl)ccc1SCC(=O)Nc1ccc(Br)cc1Cl. The van der Waals surface area contributed by atoms with E-state index >= 15 is 0 Å². The number of benzene rings is 2. The molecule has 2 aromatic carbocycles. The molecule has 3 nitrogen and oxygen atoms in total. The number of hydrogen-bond acceptors (Lipinski definition) is 3. The van der Waals surface area contributed by atoms with Crippen LogP contribution in [0, 0.1) is 0 Å². The number of anilines is 2. The minimum atomic E-state index is -0.154. The Balaban J connectivity index is 1.96. The standard InChI is InChI=1S/C14H11BrCl2N2OS/c15-8-1-3-12(10(17)5-8)19-14(20)7-21-13-4-2-9(16)6-11(13)18/h1-6H,7,18H2,(H,19,20). The first kappa shape index (κ1) is 16.5. The van der Waals surface area contributed by atoms with Crippen molar-refractivity contribution in [1.82, 2.24) is 0 Å². The van der Waals surface area contributed by atoms with E-state index < -0.39 is 0 Å². The Morgan fingerprint density at radius 3 is 2.67 bits per heavy atom. The maximum absolute atomic E-state index is 11.9. The normalized spacial score (nSPS) is 10.4. The monoisotopic (exact) mass is 404 g/mol. The Morgan fingerprint density at radius 1 is 1.24 bits per heavy atom. The van der Waals surface area contributed by atoms with Crippen molar-refractivity contribution in [2.24, 2.45) is 0 Å². The minimum Gasteiger partial charge on any atom is -0.398 e. The molecular formula is C14H11BrCl2N2OS. The molecule has 110 valence electrons. The first-order valence-corrected chi connectivity index (χ1v) is 8.42. The van der Waals surface area contributed by atoms with Crippen molar-refractivity contribution in [3.05, 3.63) is 50.9 Å². The van der Waals surface area contributed by atoms with Gasteiger partial charge in [0.05, 0.1) is 16.5 Å². The highest BCUT2D eigenvalue weighted by Crippen LogP contribution is 2.29. The molecule has 2 aromatic rings. The molecule has 0 spiro atoms. The van der Waals surface area contributed by atoms with Gasteiger partial charge in [0, 0.05) is 20.1 Å². The Bertz CT molecular complexity index is 682. The highest BCUT2D eigenvalue weighted by molar-refractivity contribution is 9.10. The van der Waals surface area contributed by atoms with Crippen LogP contribution in [0.4, 0.5) is 11.4 Å². The van der Waals surface area contributed by atoms with Crippen molar-refractivity contribution < 1.29 is 4.79 Å². The van der Waals surface area contributed by atoms with E-state index in [1.165, 1.54) is 11.8 Å². The van der Waals surface area contributed by atoms with Crippen LogP contribution in [-0.4, -0.2) is 11.7 Å². The average Bonchev–Trinajstić information content (AvgIpc) is 2.41. The molecule has 3 N–H and O–H groups in total.